The van der Waals surface area contributed by atoms with Crippen molar-refractivity contribution in [2.24, 2.45) is 5.41 Å². The van der Waals surface area contributed by atoms with Crippen LogP contribution in [0.15, 0.2) is 24.3 Å². The fraction of sp³-hybridized carbons (Fsp3) is 0.500. The third-order valence-electron chi connectivity index (χ3n) is 2.75. The van der Waals surface area contributed by atoms with Crippen LogP contribution in [0.5, 0.6) is 0 Å². The smallest absolute Gasteiger partial charge is 0.342 e. The molecule has 17 heavy (non-hydrogen) atoms. The van der Waals surface area contributed by atoms with Crippen molar-refractivity contribution in [2.75, 3.05) is 0 Å². The summed E-state index contributed by atoms with van der Waals surface area (Å²) >= 11 is 0. The fourth-order valence-electron chi connectivity index (χ4n) is 1.80. The Morgan fingerprint density at radius 1 is 1.24 bits per heavy atom. The normalized spacial score (nSPS) is 24.8. The quantitative estimate of drug-likeness (QED) is 0.701. The fourth-order valence-corrected chi connectivity index (χ4v) is 1.80. The second kappa shape index (κ2) is 4.15. The summed E-state index contributed by atoms with van der Waals surface area (Å²) in [5.74, 6) is -0.296. The van der Waals surface area contributed by atoms with Crippen molar-refractivity contribution < 1.29 is 14.3 Å². The number of hydrogen-bond donors (Lipinski definition) is 0. The second-order valence-corrected chi connectivity index (χ2v) is 5.57. The summed E-state index contributed by atoms with van der Waals surface area (Å²) in [6.45, 7) is 7.96. The van der Waals surface area contributed by atoms with E-state index in [1.54, 1.807) is 0 Å². The summed E-state index contributed by atoms with van der Waals surface area (Å²) < 4.78 is 11.0. The molecule has 1 aromatic rings. The van der Waals surface area contributed by atoms with Gasteiger partial charge in [-0.2, -0.15) is 0 Å². The van der Waals surface area contributed by atoms with E-state index in [2.05, 4.69) is 0 Å². The number of rotatable bonds is 1. The molecule has 0 aliphatic carbocycles. The number of aryl methyl sites for hydroxylation is 1. The Bertz CT molecular complexity index is 431. The van der Waals surface area contributed by atoms with E-state index >= 15 is 0 Å². The van der Waals surface area contributed by atoms with Crippen molar-refractivity contribution in [1.82, 2.24) is 0 Å². The zero-order valence-corrected chi connectivity index (χ0v) is 10.7. The lowest BCUT2D eigenvalue weighted by Gasteiger charge is -2.24. The van der Waals surface area contributed by atoms with E-state index in [0.717, 1.165) is 11.1 Å². The molecular formula is C14H18O3. The second-order valence-electron chi connectivity index (χ2n) is 5.57. The highest BCUT2D eigenvalue weighted by atomic mass is 16.8. The number of cyclic esters (lactones) is 1. The number of ether oxygens (including phenoxy) is 2. The predicted molar refractivity (Wildman–Crippen MR) is 64.3 cm³/mol. The van der Waals surface area contributed by atoms with Crippen LogP contribution in [0.3, 0.4) is 0 Å². The minimum atomic E-state index is -0.584. The highest BCUT2D eigenvalue weighted by molar-refractivity contribution is 5.78. The minimum absolute atomic E-state index is 0.200. The summed E-state index contributed by atoms with van der Waals surface area (Å²) in [7, 11) is 0. The van der Waals surface area contributed by atoms with Gasteiger partial charge in [0.15, 0.2) is 6.10 Å². The Morgan fingerprint density at radius 2 is 1.94 bits per heavy atom. The van der Waals surface area contributed by atoms with Gasteiger partial charge in [-0.15, -0.1) is 0 Å². The number of carbonyl (C=O) groups is 1. The Kier molecular flexibility index (Phi) is 2.96. The van der Waals surface area contributed by atoms with Crippen LogP contribution in [0.25, 0.3) is 0 Å². The van der Waals surface area contributed by atoms with Gasteiger partial charge in [0.1, 0.15) is 0 Å². The van der Waals surface area contributed by atoms with Crippen LogP contribution in [0.1, 0.15) is 38.0 Å². The van der Waals surface area contributed by atoms with Crippen LogP contribution in [0.4, 0.5) is 0 Å². The first-order chi connectivity index (χ1) is 7.88. The summed E-state index contributed by atoms with van der Waals surface area (Å²) in [6.07, 6.45) is -1.06. The highest BCUT2D eigenvalue weighted by Crippen LogP contribution is 2.36. The van der Waals surface area contributed by atoms with E-state index < -0.39 is 12.4 Å². The molecule has 0 amide bonds. The molecule has 1 aliphatic rings. The first-order valence-electron chi connectivity index (χ1n) is 5.80. The molecule has 0 aromatic heterocycles. The molecule has 1 heterocycles. The maximum Gasteiger partial charge on any atom is 0.342 e. The van der Waals surface area contributed by atoms with E-state index in [4.69, 9.17) is 9.47 Å². The number of benzene rings is 1. The van der Waals surface area contributed by atoms with Crippen molar-refractivity contribution in [1.29, 1.82) is 0 Å². The van der Waals surface area contributed by atoms with Gasteiger partial charge in [0.25, 0.3) is 0 Å². The minimum Gasteiger partial charge on any atom is -0.433 e. The third-order valence-corrected chi connectivity index (χ3v) is 2.75. The van der Waals surface area contributed by atoms with Crippen molar-refractivity contribution in [3.63, 3.8) is 0 Å². The average Bonchev–Trinajstić information content (AvgIpc) is 2.60. The Morgan fingerprint density at radius 3 is 2.47 bits per heavy atom. The lowest BCUT2D eigenvalue weighted by Crippen LogP contribution is -2.27. The monoisotopic (exact) mass is 234 g/mol. The summed E-state index contributed by atoms with van der Waals surface area (Å²) in [4.78, 5) is 11.8. The Labute approximate surface area is 102 Å². The Hall–Kier alpha value is -1.35. The van der Waals surface area contributed by atoms with Gasteiger partial charge < -0.3 is 9.47 Å². The predicted octanol–water partition coefficient (Wildman–Crippen LogP) is 2.98. The average molecular weight is 234 g/mol. The first kappa shape index (κ1) is 12.1. The summed E-state index contributed by atoms with van der Waals surface area (Å²) in [6, 6.07) is 7.76. The number of carbonyl (C=O) groups excluding carboxylic acids is 1. The molecule has 2 rings (SSSR count). The van der Waals surface area contributed by atoms with Gasteiger partial charge in [-0.3, -0.25) is 0 Å². The molecule has 1 fully saturated rings. The maximum absolute atomic E-state index is 11.8. The van der Waals surface area contributed by atoms with E-state index in [9.17, 15) is 4.79 Å². The van der Waals surface area contributed by atoms with Crippen LogP contribution < -0.4 is 0 Å². The lowest BCUT2D eigenvalue weighted by molar-refractivity contribution is -0.154. The summed E-state index contributed by atoms with van der Waals surface area (Å²) in [5, 5.41) is 0. The largest absolute Gasteiger partial charge is 0.433 e. The molecule has 92 valence electrons. The van der Waals surface area contributed by atoms with E-state index in [1.165, 1.54) is 0 Å². The third kappa shape index (κ3) is 2.50. The summed E-state index contributed by atoms with van der Waals surface area (Å²) in [5.41, 5.74) is 1.77. The highest BCUT2D eigenvalue weighted by Gasteiger charge is 2.42. The van der Waals surface area contributed by atoms with Crippen molar-refractivity contribution in [3.05, 3.63) is 35.4 Å². The molecule has 1 aliphatic heterocycles. The Balaban J connectivity index is 2.22. The van der Waals surface area contributed by atoms with Gasteiger partial charge >= 0.3 is 5.97 Å². The standard InChI is InChI=1S/C14H18O3/c1-9-6-5-7-10(8-9)11-12(15)17-13(16-11)14(2,3)4/h5-8,11,13H,1-4H3/t11-,13-/m1/s1. The zero-order chi connectivity index (χ0) is 12.6. The molecule has 0 spiro atoms. The number of hydrogen-bond acceptors (Lipinski definition) is 3. The van der Waals surface area contributed by atoms with Gasteiger partial charge in [-0.1, -0.05) is 50.6 Å². The first-order valence-corrected chi connectivity index (χ1v) is 5.80. The molecule has 3 nitrogen and oxygen atoms in total. The molecule has 0 radical (unpaired) electrons. The van der Waals surface area contributed by atoms with E-state index in [1.807, 2.05) is 52.0 Å². The van der Waals surface area contributed by atoms with Crippen LogP contribution in [-0.4, -0.2) is 12.3 Å². The molecule has 1 aromatic carbocycles. The molecule has 0 unspecified atom stereocenters. The van der Waals surface area contributed by atoms with Crippen LogP contribution >= 0.6 is 0 Å². The lowest BCUT2D eigenvalue weighted by atomic mass is 9.96. The van der Waals surface area contributed by atoms with E-state index in [-0.39, 0.29) is 11.4 Å². The van der Waals surface area contributed by atoms with Gasteiger partial charge in [0, 0.05) is 5.41 Å². The molecule has 1 saturated heterocycles. The maximum atomic E-state index is 11.8. The van der Waals surface area contributed by atoms with Gasteiger partial charge in [-0.25, -0.2) is 4.79 Å². The SMILES string of the molecule is Cc1cccc([C@H]2O[C@@H](C(C)(C)C)OC2=O)c1. The van der Waals surface area contributed by atoms with Gasteiger partial charge in [0.05, 0.1) is 0 Å². The van der Waals surface area contributed by atoms with Crippen LogP contribution in [0.2, 0.25) is 0 Å². The van der Waals surface area contributed by atoms with Crippen LogP contribution in [0, 0.1) is 12.3 Å². The molecule has 0 saturated carbocycles. The van der Waals surface area contributed by atoms with Gasteiger partial charge in [-0.05, 0) is 12.5 Å². The molecular weight excluding hydrogens is 216 g/mol. The molecule has 3 heteroatoms. The number of esters is 1. The van der Waals surface area contributed by atoms with Crippen molar-refractivity contribution in [3.8, 4) is 0 Å². The molecule has 2 atom stereocenters. The van der Waals surface area contributed by atoms with E-state index in [0.29, 0.717) is 0 Å². The van der Waals surface area contributed by atoms with Crippen LogP contribution in [-0.2, 0) is 14.3 Å². The van der Waals surface area contributed by atoms with Gasteiger partial charge in [0.2, 0.25) is 6.29 Å². The van der Waals surface area contributed by atoms with Crippen molar-refractivity contribution >= 4 is 5.97 Å². The molecule has 0 bridgehead atoms. The topological polar surface area (TPSA) is 35.5 Å². The molecule has 0 N–H and O–H groups in total. The zero-order valence-electron chi connectivity index (χ0n) is 10.7. The van der Waals surface area contributed by atoms with Crippen molar-refractivity contribution in [2.45, 2.75) is 40.1 Å².